The van der Waals surface area contributed by atoms with Gasteiger partial charge in [0.2, 0.25) is 0 Å². The maximum atomic E-state index is 12.5. The summed E-state index contributed by atoms with van der Waals surface area (Å²) in [5, 5.41) is 4.77. The number of amides is 1. The summed E-state index contributed by atoms with van der Waals surface area (Å²) in [4.78, 5) is 24.2. The highest BCUT2D eigenvalue weighted by molar-refractivity contribution is 6.06. The van der Waals surface area contributed by atoms with Gasteiger partial charge < -0.3 is 10.1 Å². The molecule has 0 bridgehead atoms. The molecule has 0 saturated carbocycles. The Bertz CT molecular complexity index is 1250. The quantitative estimate of drug-likeness (QED) is 0.553. The molecular weight excluding hydrogens is 388 g/mol. The van der Waals surface area contributed by atoms with Crippen molar-refractivity contribution in [2.75, 3.05) is 26.7 Å². The van der Waals surface area contributed by atoms with E-state index in [2.05, 4.69) is 33.4 Å². The van der Waals surface area contributed by atoms with Gasteiger partial charge in [-0.05, 0) is 29.8 Å². The second-order valence-electron chi connectivity index (χ2n) is 7.77. The zero-order valence-corrected chi connectivity index (χ0v) is 17.4. The normalized spacial score (nSPS) is 17.1. The molecule has 1 saturated heterocycles. The van der Waals surface area contributed by atoms with Crippen LogP contribution in [0.1, 0.15) is 27.7 Å². The van der Waals surface area contributed by atoms with E-state index in [1.165, 1.54) is 10.9 Å². The highest BCUT2D eigenvalue weighted by Gasteiger charge is 2.25. The number of rotatable bonds is 4. The number of aromatic nitrogens is 2. The van der Waals surface area contributed by atoms with Crippen molar-refractivity contribution < 1.29 is 9.53 Å². The van der Waals surface area contributed by atoms with Crippen LogP contribution in [0, 0.1) is 0 Å². The fourth-order valence-electron chi connectivity index (χ4n) is 4.24. The predicted molar refractivity (Wildman–Crippen MR) is 121 cm³/mol. The number of carbonyl (C=O) groups excluding carboxylic acids is 1. The standard InChI is InChI=1S/C25H24N4O2/c1-26-25(30)20-14-23(28-22-9-5-3-7-19(20)22)24-16-29(12-13-31-24)15-17-10-11-27-21-8-4-2-6-18(17)21/h2-11,14,24H,12-13,15-16H2,1H3,(H,26,30)/t24-/m1/s1. The molecule has 1 N–H and O–H groups in total. The Balaban J connectivity index is 1.44. The first-order valence-corrected chi connectivity index (χ1v) is 10.5. The van der Waals surface area contributed by atoms with Crippen LogP contribution in [-0.2, 0) is 11.3 Å². The zero-order chi connectivity index (χ0) is 21.2. The third-order valence-electron chi connectivity index (χ3n) is 5.82. The van der Waals surface area contributed by atoms with Crippen molar-refractivity contribution in [3.8, 4) is 0 Å². The molecule has 31 heavy (non-hydrogen) atoms. The van der Waals surface area contributed by atoms with E-state index in [4.69, 9.17) is 9.72 Å². The molecule has 3 heterocycles. The van der Waals surface area contributed by atoms with Gasteiger partial charge in [0.15, 0.2) is 0 Å². The van der Waals surface area contributed by atoms with E-state index < -0.39 is 0 Å². The summed E-state index contributed by atoms with van der Waals surface area (Å²) in [5.41, 5.74) is 4.49. The van der Waals surface area contributed by atoms with E-state index in [9.17, 15) is 4.79 Å². The molecule has 0 radical (unpaired) electrons. The number of carbonyl (C=O) groups is 1. The van der Waals surface area contributed by atoms with Gasteiger partial charge in [-0.3, -0.25) is 14.7 Å². The minimum absolute atomic E-state index is 0.115. The number of ether oxygens (including phenoxy) is 1. The number of para-hydroxylation sites is 2. The number of fused-ring (bicyclic) bond motifs is 2. The molecule has 5 rings (SSSR count). The Morgan fingerprint density at radius 3 is 2.71 bits per heavy atom. The minimum atomic E-state index is -0.185. The highest BCUT2D eigenvalue weighted by atomic mass is 16.5. The van der Waals surface area contributed by atoms with E-state index in [1.807, 2.05) is 48.7 Å². The zero-order valence-electron chi connectivity index (χ0n) is 17.4. The van der Waals surface area contributed by atoms with Gasteiger partial charge in [0.05, 0.1) is 28.9 Å². The Morgan fingerprint density at radius 1 is 1.10 bits per heavy atom. The number of morpholine rings is 1. The fourth-order valence-corrected chi connectivity index (χ4v) is 4.24. The lowest BCUT2D eigenvalue weighted by atomic mass is 10.0. The Kier molecular flexibility index (Phi) is 5.32. The molecule has 1 aliphatic heterocycles. The van der Waals surface area contributed by atoms with Crippen LogP contribution in [0.3, 0.4) is 0 Å². The summed E-state index contributed by atoms with van der Waals surface area (Å²) in [6.07, 6.45) is 1.69. The lowest BCUT2D eigenvalue weighted by Gasteiger charge is -2.33. The summed E-state index contributed by atoms with van der Waals surface area (Å²) >= 11 is 0. The van der Waals surface area contributed by atoms with Gasteiger partial charge in [0.1, 0.15) is 6.10 Å². The monoisotopic (exact) mass is 412 g/mol. The van der Waals surface area contributed by atoms with E-state index in [0.717, 1.165) is 41.7 Å². The van der Waals surface area contributed by atoms with Gasteiger partial charge in [0.25, 0.3) is 5.91 Å². The van der Waals surface area contributed by atoms with Crippen LogP contribution in [0.5, 0.6) is 0 Å². The smallest absolute Gasteiger partial charge is 0.251 e. The van der Waals surface area contributed by atoms with Crippen LogP contribution in [0.25, 0.3) is 21.8 Å². The van der Waals surface area contributed by atoms with Crippen molar-refractivity contribution in [3.05, 3.63) is 83.7 Å². The van der Waals surface area contributed by atoms with E-state index >= 15 is 0 Å². The second-order valence-corrected chi connectivity index (χ2v) is 7.77. The number of hydrogen-bond acceptors (Lipinski definition) is 5. The molecule has 2 aromatic carbocycles. The summed E-state index contributed by atoms with van der Waals surface area (Å²) in [5.74, 6) is -0.115. The summed E-state index contributed by atoms with van der Waals surface area (Å²) in [6, 6.07) is 19.9. The molecule has 0 spiro atoms. The first-order valence-electron chi connectivity index (χ1n) is 10.5. The molecule has 1 fully saturated rings. The maximum absolute atomic E-state index is 12.5. The van der Waals surface area contributed by atoms with Gasteiger partial charge in [-0.25, -0.2) is 4.98 Å². The molecular formula is C25H24N4O2. The highest BCUT2D eigenvalue weighted by Crippen LogP contribution is 2.27. The number of pyridine rings is 2. The van der Waals surface area contributed by atoms with Crippen LogP contribution < -0.4 is 5.32 Å². The molecule has 6 nitrogen and oxygen atoms in total. The van der Waals surface area contributed by atoms with Crippen molar-refractivity contribution in [1.82, 2.24) is 20.2 Å². The minimum Gasteiger partial charge on any atom is -0.369 e. The largest absolute Gasteiger partial charge is 0.369 e. The van der Waals surface area contributed by atoms with Crippen LogP contribution in [0.15, 0.2) is 66.9 Å². The van der Waals surface area contributed by atoms with E-state index in [1.54, 1.807) is 7.05 Å². The number of hydrogen-bond donors (Lipinski definition) is 1. The number of benzene rings is 2. The molecule has 0 aliphatic carbocycles. The van der Waals surface area contributed by atoms with Crippen LogP contribution >= 0.6 is 0 Å². The molecule has 0 unspecified atom stereocenters. The van der Waals surface area contributed by atoms with Gasteiger partial charge in [-0.1, -0.05) is 36.4 Å². The first-order chi connectivity index (χ1) is 15.2. The third-order valence-corrected chi connectivity index (χ3v) is 5.82. The van der Waals surface area contributed by atoms with Crippen LogP contribution in [0.4, 0.5) is 0 Å². The fraction of sp³-hybridized carbons (Fsp3) is 0.240. The summed E-state index contributed by atoms with van der Waals surface area (Å²) < 4.78 is 6.09. The third kappa shape index (κ3) is 3.87. The number of nitrogens with one attached hydrogen (secondary N) is 1. The van der Waals surface area contributed by atoms with Gasteiger partial charge in [-0.2, -0.15) is 0 Å². The van der Waals surface area contributed by atoms with Gasteiger partial charge in [-0.15, -0.1) is 0 Å². The molecule has 6 heteroatoms. The number of nitrogens with zero attached hydrogens (tertiary/aromatic N) is 3. The van der Waals surface area contributed by atoms with Crippen molar-refractivity contribution >= 4 is 27.7 Å². The van der Waals surface area contributed by atoms with Crippen LogP contribution in [0.2, 0.25) is 0 Å². The van der Waals surface area contributed by atoms with E-state index in [0.29, 0.717) is 12.2 Å². The Morgan fingerprint density at radius 2 is 1.87 bits per heavy atom. The van der Waals surface area contributed by atoms with E-state index in [-0.39, 0.29) is 12.0 Å². The van der Waals surface area contributed by atoms with Crippen molar-refractivity contribution in [2.45, 2.75) is 12.6 Å². The van der Waals surface area contributed by atoms with Crippen molar-refractivity contribution in [1.29, 1.82) is 0 Å². The summed E-state index contributed by atoms with van der Waals surface area (Å²) in [7, 11) is 1.65. The molecule has 2 aromatic heterocycles. The average molecular weight is 412 g/mol. The SMILES string of the molecule is CNC(=O)c1cc([C@H]2CN(Cc3ccnc4ccccc34)CCO2)nc2ccccc12. The Hall–Kier alpha value is -3.35. The van der Waals surface area contributed by atoms with Gasteiger partial charge in [0, 0.05) is 43.7 Å². The second kappa shape index (κ2) is 8.41. The van der Waals surface area contributed by atoms with Crippen LogP contribution in [-0.4, -0.2) is 47.5 Å². The lowest BCUT2D eigenvalue weighted by molar-refractivity contribution is -0.0347. The van der Waals surface area contributed by atoms with Crippen molar-refractivity contribution in [3.63, 3.8) is 0 Å². The Labute approximate surface area is 180 Å². The van der Waals surface area contributed by atoms with Crippen molar-refractivity contribution in [2.24, 2.45) is 0 Å². The van der Waals surface area contributed by atoms with Gasteiger partial charge >= 0.3 is 0 Å². The molecule has 1 amide bonds. The predicted octanol–water partition coefficient (Wildman–Crippen LogP) is 3.72. The maximum Gasteiger partial charge on any atom is 0.251 e. The molecule has 1 aliphatic rings. The molecule has 156 valence electrons. The average Bonchev–Trinajstić information content (AvgIpc) is 2.83. The molecule has 1 atom stereocenters. The summed E-state index contributed by atoms with van der Waals surface area (Å²) in [6.45, 7) is 3.01. The molecule has 4 aromatic rings. The topological polar surface area (TPSA) is 67.4 Å². The lowest BCUT2D eigenvalue weighted by Crippen LogP contribution is -2.38. The first kappa shape index (κ1) is 19.6.